The second kappa shape index (κ2) is 8.92. The molecule has 9 nitrogen and oxygen atoms in total. The predicted molar refractivity (Wildman–Crippen MR) is 115 cm³/mol. The van der Waals surface area contributed by atoms with Crippen molar-refractivity contribution >= 4 is 11.6 Å². The number of amides is 1. The highest BCUT2D eigenvalue weighted by Crippen LogP contribution is 2.48. The van der Waals surface area contributed by atoms with Gasteiger partial charge in [0.25, 0.3) is 0 Å². The Morgan fingerprint density at radius 3 is 2.84 bits per heavy atom. The van der Waals surface area contributed by atoms with E-state index >= 15 is 0 Å². The van der Waals surface area contributed by atoms with Crippen molar-refractivity contribution in [3.63, 3.8) is 0 Å². The summed E-state index contributed by atoms with van der Waals surface area (Å²) in [6, 6.07) is 4.64. The molecule has 9 heteroatoms. The van der Waals surface area contributed by atoms with Gasteiger partial charge < -0.3 is 15.0 Å². The van der Waals surface area contributed by atoms with Crippen LogP contribution in [0.25, 0.3) is 0 Å². The van der Waals surface area contributed by atoms with Crippen LogP contribution in [0.15, 0.2) is 30.9 Å². The van der Waals surface area contributed by atoms with Crippen LogP contribution in [0, 0.1) is 11.3 Å². The van der Waals surface area contributed by atoms with E-state index in [1.807, 2.05) is 24.5 Å². The average molecular weight is 426 g/mol. The third-order valence-corrected chi connectivity index (χ3v) is 7.41. The maximum absolute atomic E-state index is 13.7. The van der Waals surface area contributed by atoms with Gasteiger partial charge in [-0.1, -0.05) is 0 Å². The van der Waals surface area contributed by atoms with Gasteiger partial charge in [0, 0.05) is 50.3 Å². The van der Waals surface area contributed by atoms with Crippen LogP contribution < -0.4 is 10.2 Å². The number of morpholine rings is 1. The quantitative estimate of drug-likeness (QED) is 0.743. The molecule has 2 aromatic rings. The van der Waals surface area contributed by atoms with Crippen molar-refractivity contribution in [2.45, 2.75) is 38.3 Å². The van der Waals surface area contributed by atoms with Crippen molar-refractivity contribution in [3.8, 4) is 0 Å². The highest BCUT2D eigenvalue weighted by atomic mass is 16.5. The SMILES string of the molecule is O=C(NCc1ncn[nH]1)[C@@]12CC[C@H](N3CCOCC3)C[C@H]1CCN(c1ccncc1)C2. The van der Waals surface area contributed by atoms with Gasteiger partial charge in [0.05, 0.1) is 25.2 Å². The van der Waals surface area contributed by atoms with E-state index < -0.39 is 0 Å². The summed E-state index contributed by atoms with van der Waals surface area (Å²) >= 11 is 0. The smallest absolute Gasteiger partial charge is 0.228 e. The van der Waals surface area contributed by atoms with Crippen LogP contribution in [-0.2, 0) is 16.1 Å². The first-order valence-corrected chi connectivity index (χ1v) is 11.3. The number of anilines is 1. The molecule has 1 amide bonds. The molecule has 1 aliphatic carbocycles. The molecule has 2 aromatic heterocycles. The number of hydrogen-bond donors (Lipinski definition) is 2. The van der Waals surface area contributed by atoms with Gasteiger partial charge in [-0.25, -0.2) is 4.98 Å². The fourth-order valence-electron chi connectivity index (χ4n) is 5.71. The maximum atomic E-state index is 13.7. The Kier molecular flexibility index (Phi) is 5.87. The number of pyridine rings is 1. The first-order chi connectivity index (χ1) is 15.2. The van der Waals surface area contributed by atoms with Crippen molar-refractivity contribution in [2.24, 2.45) is 11.3 Å². The number of rotatable bonds is 5. The molecular formula is C22H31N7O2. The van der Waals surface area contributed by atoms with Gasteiger partial charge in [0.15, 0.2) is 0 Å². The monoisotopic (exact) mass is 425 g/mol. The molecular weight excluding hydrogens is 394 g/mol. The number of H-pyrrole nitrogens is 1. The van der Waals surface area contributed by atoms with Crippen molar-refractivity contribution in [3.05, 3.63) is 36.7 Å². The van der Waals surface area contributed by atoms with E-state index in [0.29, 0.717) is 24.3 Å². The highest BCUT2D eigenvalue weighted by Gasteiger charge is 2.52. The molecule has 2 saturated heterocycles. The molecule has 0 aromatic carbocycles. The number of piperidine rings is 1. The molecule has 0 radical (unpaired) electrons. The topological polar surface area (TPSA) is 99.3 Å². The fourth-order valence-corrected chi connectivity index (χ4v) is 5.71. The predicted octanol–water partition coefficient (Wildman–Crippen LogP) is 1.21. The molecule has 4 heterocycles. The van der Waals surface area contributed by atoms with E-state index in [-0.39, 0.29) is 11.3 Å². The minimum Gasteiger partial charge on any atom is -0.379 e. The molecule has 5 rings (SSSR count). The summed E-state index contributed by atoms with van der Waals surface area (Å²) < 4.78 is 5.55. The van der Waals surface area contributed by atoms with E-state index in [4.69, 9.17) is 4.74 Å². The van der Waals surface area contributed by atoms with E-state index in [2.05, 4.69) is 35.3 Å². The summed E-state index contributed by atoms with van der Waals surface area (Å²) in [5.41, 5.74) is 0.760. The lowest BCUT2D eigenvalue weighted by Crippen LogP contribution is -2.61. The number of ether oxygens (including phenoxy) is 1. The molecule has 166 valence electrons. The first-order valence-electron chi connectivity index (χ1n) is 11.3. The van der Waals surface area contributed by atoms with Crippen LogP contribution in [0.1, 0.15) is 31.5 Å². The summed E-state index contributed by atoms with van der Waals surface area (Å²) in [4.78, 5) is 26.9. The van der Waals surface area contributed by atoms with Crippen LogP contribution in [0.5, 0.6) is 0 Å². The molecule has 2 N–H and O–H groups in total. The molecule has 0 bridgehead atoms. The highest BCUT2D eigenvalue weighted by molar-refractivity contribution is 5.84. The standard InChI is InChI=1S/C22H31N7O2/c30-21(24-14-20-25-16-26-27-20)22-5-1-19(28-9-11-31-12-10-28)13-17(22)4-8-29(15-22)18-2-6-23-7-3-18/h2-3,6-7,16-17,19H,1,4-5,8-15H2,(H,24,30)(H,25,26,27)/t17-,19+,22-/m1/s1. The van der Waals surface area contributed by atoms with Gasteiger partial charge in [-0.05, 0) is 43.7 Å². The summed E-state index contributed by atoms with van der Waals surface area (Å²) in [6.45, 7) is 5.76. The Morgan fingerprint density at radius 2 is 2.06 bits per heavy atom. The molecule has 3 aliphatic rings. The molecule has 1 saturated carbocycles. The number of carbonyl (C=O) groups is 1. The maximum Gasteiger partial charge on any atom is 0.228 e. The zero-order valence-electron chi connectivity index (χ0n) is 17.9. The van der Waals surface area contributed by atoms with Crippen molar-refractivity contribution < 1.29 is 9.53 Å². The van der Waals surface area contributed by atoms with Gasteiger partial charge in [-0.15, -0.1) is 0 Å². The number of carbonyl (C=O) groups excluding carboxylic acids is 1. The zero-order valence-corrected chi connectivity index (χ0v) is 17.9. The Morgan fingerprint density at radius 1 is 1.23 bits per heavy atom. The summed E-state index contributed by atoms with van der Waals surface area (Å²) in [5.74, 6) is 1.21. The largest absolute Gasteiger partial charge is 0.379 e. The lowest BCUT2D eigenvalue weighted by Gasteiger charge is -2.53. The molecule has 3 fully saturated rings. The third kappa shape index (κ3) is 4.16. The second-order valence-electron chi connectivity index (χ2n) is 8.96. The second-order valence-corrected chi connectivity index (χ2v) is 8.96. The fraction of sp³-hybridized carbons (Fsp3) is 0.636. The van der Waals surface area contributed by atoms with E-state index in [0.717, 1.165) is 70.8 Å². The minimum absolute atomic E-state index is 0.146. The van der Waals surface area contributed by atoms with Gasteiger partial charge in [-0.2, -0.15) is 5.10 Å². The molecule has 0 spiro atoms. The lowest BCUT2D eigenvalue weighted by atomic mass is 9.60. The Hall–Kier alpha value is -2.52. The summed E-state index contributed by atoms with van der Waals surface area (Å²) in [5, 5.41) is 9.89. The van der Waals surface area contributed by atoms with Gasteiger partial charge in [0.1, 0.15) is 12.2 Å². The number of nitrogens with one attached hydrogen (secondary N) is 2. The van der Waals surface area contributed by atoms with Gasteiger partial charge in [0.2, 0.25) is 5.91 Å². The lowest BCUT2D eigenvalue weighted by molar-refractivity contribution is -0.139. The van der Waals surface area contributed by atoms with E-state index in [9.17, 15) is 4.79 Å². The summed E-state index contributed by atoms with van der Waals surface area (Å²) in [7, 11) is 0. The number of aromatic nitrogens is 4. The zero-order chi connectivity index (χ0) is 21.1. The molecule has 0 unspecified atom stereocenters. The molecule has 31 heavy (non-hydrogen) atoms. The van der Waals surface area contributed by atoms with Crippen LogP contribution in [0.3, 0.4) is 0 Å². The Bertz CT molecular complexity index is 856. The number of aromatic amines is 1. The van der Waals surface area contributed by atoms with Gasteiger partial charge in [-0.3, -0.25) is 19.8 Å². The van der Waals surface area contributed by atoms with Gasteiger partial charge >= 0.3 is 0 Å². The normalized spacial score (nSPS) is 29.4. The first kappa shape index (κ1) is 20.4. The number of fused-ring (bicyclic) bond motifs is 1. The molecule has 3 atom stereocenters. The Labute approximate surface area is 182 Å². The van der Waals surface area contributed by atoms with Crippen LogP contribution in [0.2, 0.25) is 0 Å². The average Bonchev–Trinajstić information content (AvgIpc) is 3.36. The van der Waals surface area contributed by atoms with E-state index in [1.165, 1.54) is 6.33 Å². The van der Waals surface area contributed by atoms with Crippen molar-refractivity contribution in [1.82, 2.24) is 30.4 Å². The third-order valence-electron chi connectivity index (χ3n) is 7.41. The van der Waals surface area contributed by atoms with Crippen LogP contribution >= 0.6 is 0 Å². The van der Waals surface area contributed by atoms with Crippen molar-refractivity contribution in [2.75, 3.05) is 44.3 Å². The molecule has 2 aliphatic heterocycles. The van der Waals surface area contributed by atoms with Crippen LogP contribution in [-0.4, -0.2) is 76.4 Å². The number of nitrogens with zero attached hydrogens (tertiary/aromatic N) is 5. The van der Waals surface area contributed by atoms with Crippen molar-refractivity contribution in [1.29, 1.82) is 0 Å². The number of hydrogen-bond acceptors (Lipinski definition) is 7. The Balaban J connectivity index is 1.35. The van der Waals surface area contributed by atoms with Crippen LogP contribution in [0.4, 0.5) is 5.69 Å². The van der Waals surface area contributed by atoms with E-state index in [1.54, 1.807) is 0 Å². The minimum atomic E-state index is -0.385. The summed E-state index contributed by atoms with van der Waals surface area (Å²) in [6.07, 6.45) is 9.20.